The van der Waals surface area contributed by atoms with Crippen LogP contribution < -0.4 is 0 Å². The number of tetrazole rings is 1. The Morgan fingerprint density at radius 2 is 2.27 bits per heavy atom. The van der Waals surface area contributed by atoms with Gasteiger partial charge in [-0.3, -0.25) is 4.79 Å². The molecule has 1 fully saturated rings. The molecule has 15 heavy (non-hydrogen) atoms. The Bertz CT molecular complexity index is 344. The van der Waals surface area contributed by atoms with Crippen molar-refractivity contribution in [1.82, 2.24) is 20.2 Å². The number of carbonyl (C=O) groups is 1. The summed E-state index contributed by atoms with van der Waals surface area (Å²) in [6.45, 7) is 1.37. The van der Waals surface area contributed by atoms with Crippen molar-refractivity contribution in [3.63, 3.8) is 0 Å². The van der Waals surface area contributed by atoms with Crippen molar-refractivity contribution in [3.8, 4) is 0 Å². The molecule has 0 radical (unpaired) electrons. The lowest BCUT2D eigenvalue weighted by Crippen LogP contribution is -2.25. The van der Waals surface area contributed by atoms with Gasteiger partial charge in [0.2, 0.25) is 0 Å². The molecule has 0 aliphatic carbocycles. The third-order valence-electron chi connectivity index (χ3n) is 2.56. The summed E-state index contributed by atoms with van der Waals surface area (Å²) in [5.74, 6) is 0.822. The average molecular weight is 210 g/mol. The van der Waals surface area contributed by atoms with E-state index in [0.29, 0.717) is 25.5 Å². The Kier molecular flexibility index (Phi) is 3.05. The molecule has 1 aromatic heterocycles. The smallest absolute Gasteiger partial charge is 0.182 e. The van der Waals surface area contributed by atoms with E-state index in [9.17, 15) is 4.79 Å². The highest BCUT2D eigenvalue weighted by Gasteiger charge is 2.22. The van der Waals surface area contributed by atoms with Crippen LogP contribution in [-0.2, 0) is 23.0 Å². The molecular formula is C9H14N4O2. The van der Waals surface area contributed by atoms with E-state index in [1.165, 1.54) is 4.80 Å². The van der Waals surface area contributed by atoms with E-state index in [1.54, 1.807) is 7.05 Å². The number of nitrogens with zero attached hydrogens (tertiary/aromatic N) is 4. The maximum Gasteiger partial charge on any atom is 0.182 e. The molecule has 6 heteroatoms. The van der Waals surface area contributed by atoms with E-state index in [1.807, 2.05) is 0 Å². The fourth-order valence-corrected chi connectivity index (χ4v) is 1.71. The van der Waals surface area contributed by atoms with E-state index < -0.39 is 0 Å². The van der Waals surface area contributed by atoms with Crippen molar-refractivity contribution >= 4 is 5.78 Å². The molecule has 0 bridgehead atoms. The Balaban J connectivity index is 1.91. The van der Waals surface area contributed by atoms with Gasteiger partial charge in [0.1, 0.15) is 5.78 Å². The second kappa shape index (κ2) is 4.48. The second-order valence-corrected chi connectivity index (χ2v) is 3.72. The predicted molar refractivity (Wildman–Crippen MR) is 51.1 cm³/mol. The lowest BCUT2D eigenvalue weighted by molar-refractivity contribution is -0.125. The first-order chi connectivity index (χ1) is 7.25. The second-order valence-electron chi connectivity index (χ2n) is 3.72. The van der Waals surface area contributed by atoms with E-state index in [-0.39, 0.29) is 11.7 Å². The van der Waals surface area contributed by atoms with E-state index in [0.717, 1.165) is 12.8 Å². The summed E-state index contributed by atoms with van der Waals surface area (Å²) in [7, 11) is 1.69. The van der Waals surface area contributed by atoms with Crippen LogP contribution in [0.2, 0.25) is 0 Å². The Hall–Kier alpha value is -1.30. The number of Topliss-reactive ketones (excluding diaryl/α,β-unsaturated/α-hetero) is 1. The summed E-state index contributed by atoms with van der Waals surface area (Å²) in [6, 6.07) is 0. The van der Waals surface area contributed by atoms with Gasteiger partial charge < -0.3 is 4.74 Å². The lowest BCUT2D eigenvalue weighted by Gasteiger charge is -2.19. The first-order valence-electron chi connectivity index (χ1n) is 5.09. The van der Waals surface area contributed by atoms with Crippen molar-refractivity contribution in [2.75, 3.05) is 13.2 Å². The SMILES string of the molecule is Cn1nnc(CC(=O)C2CCOCC2)n1. The molecule has 0 amide bonds. The van der Waals surface area contributed by atoms with Gasteiger partial charge in [0.25, 0.3) is 0 Å². The summed E-state index contributed by atoms with van der Waals surface area (Å²) >= 11 is 0. The Morgan fingerprint density at radius 1 is 1.53 bits per heavy atom. The predicted octanol–water partition coefficient (Wildman–Crippen LogP) is -0.252. The third-order valence-corrected chi connectivity index (χ3v) is 2.56. The lowest BCUT2D eigenvalue weighted by atomic mass is 9.93. The maximum absolute atomic E-state index is 11.8. The summed E-state index contributed by atoms with van der Waals surface area (Å²) in [5.41, 5.74) is 0. The van der Waals surface area contributed by atoms with Crippen LogP contribution in [0.15, 0.2) is 0 Å². The number of aromatic nitrogens is 4. The highest BCUT2D eigenvalue weighted by molar-refractivity contribution is 5.82. The van der Waals surface area contributed by atoms with Crippen LogP contribution in [-0.4, -0.2) is 39.2 Å². The van der Waals surface area contributed by atoms with E-state index in [2.05, 4.69) is 15.4 Å². The van der Waals surface area contributed by atoms with Crippen LogP contribution in [0.25, 0.3) is 0 Å². The topological polar surface area (TPSA) is 69.9 Å². The zero-order valence-corrected chi connectivity index (χ0v) is 8.72. The molecule has 0 atom stereocenters. The van der Waals surface area contributed by atoms with Gasteiger partial charge >= 0.3 is 0 Å². The molecule has 2 rings (SSSR count). The maximum atomic E-state index is 11.8. The molecule has 0 aromatic carbocycles. The average Bonchev–Trinajstić information content (AvgIpc) is 2.65. The van der Waals surface area contributed by atoms with Crippen molar-refractivity contribution < 1.29 is 9.53 Å². The van der Waals surface area contributed by atoms with Gasteiger partial charge in [0.05, 0.1) is 13.5 Å². The molecule has 82 valence electrons. The van der Waals surface area contributed by atoms with Crippen LogP contribution in [0, 0.1) is 5.92 Å². The van der Waals surface area contributed by atoms with Crippen LogP contribution >= 0.6 is 0 Å². The molecule has 1 saturated heterocycles. The molecule has 1 aliphatic heterocycles. The number of aryl methyl sites for hydroxylation is 1. The molecule has 0 N–H and O–H groups in total. The molecule has 0 saturated carbocycles. The van der Waals surface area contributed by atoms with Crippen molar-refractivity contribution in [1.29, 1.82) is 0 Å². The minimum atomic E-state index is 0.113. The van der Waals surface area contributed by atoms with Crippen LogP contribution in [0.3, 0.4) is 0 Å². The number of hydrogen-bond donors (Lipinski definition) is 0. The van der Waals surface area contributed by atoms with Crippen LogP contribution in [0.1, 0.15) is 18.7 Å². The van der Waals surface area contributed by atoms with Crippen molar-refractivity contribution in [3.05, 3.63) is 5.82 Å². The third kappa shape index (κ3) is 2.59. The molecule has 6 nitrogen and oxygen atoms in total. The molecule has 0 spiro atoms. The van der Waals surface area contributed by atoms with Crippen molar-refractivity contribution in [2.45, 2.75) is 19.3 Å². The normalized spacial score (nSPS) is 17.9. The largest absolute Gasteiger partial charge is 0.381 e. The Morgan fingerprint density at radius 3 is 2.87 bits per heavy atom. The van der Waals surface area contributed by atoms with Crippen molar-refractivity contribution in [2.24, 2.45) is 13.0 Å². The highest BCUT2D eigenvalue weighted by atomic mass is 16.5. The fourth-order valence-electron chi connectivity index (χ4n) is 1.71. The molecule has 2 heterocycles. The summed E-state index contributed by atoms with van der Waals surface area (Å²) < 4.78 is 5.20. The number of ether oxygens (including phenoxy) is 1. The Labute approximate surface area is 87.6 Å². The molecular weight excluding hydrogens is 196 g/mol. The van der Waals surface area contributed by atoms with Gasteiger partial charge in [-0.1, -0.05) is 0 Å². The number of rotatable bonds is 3. The van der Waals surface area contributed by atoms with E-state index in [4.69, 9.17) is 4.74 Å². The van der Waals surface area contributed by atoms with Gasteiger partial charge in [0, 0.05) is 19.1 Å². The van der Waals surface area contributed by atoms with E-state index >= 15 is 0 Å². The number of hydrogen-bond acceptors (Lipinski definition) is 5. The minimum Gasteiger partial charge on any atom is -0.381 e. The first kappa shape index (κ1) is 10.2. The van der Waals surface area contributed by atoms with Crippen LogP contribution in [0.5, 0.6) is 0 Å². The van der Waals surface area contributed by atoms with Crippen LogP contribution in [0.4, 0.5) is 0 Å². The molecule has 1 aliphatic rings. The van der Waals surface area contributed by atoms with Gasteiger partial charge in [-0.15, -0.1) is 10.2 Å². The standard InChI is InChI=1S/C9H14N4O2/c1-13-11-9(10-12-13)6-8(14)7-2-4-15-5-3-7/h7H,2-6H2,1H3. The van der Waals surface area contributed by atoms with Gasteiger partial charge in [-0.05, 0) is 18.1 Å². The van der Waals surface area contributed by atoms with Gasteiger partial charge in [-0.2, -0.15) is 4.80 Å². The zero-order chi connectivity index (χ0) is 10.7. The summed E-state index contributed by atoms with van der Waals surface area (Å²) in [4.78, 5) is 13.2. The minimum absolute atomic E-state index is 0.113. The van der Waals surface area contributed by atoms with Gasteiger partial charge in [0.15, 0.2) is 5.82 Å². The molecule has 1 aromatic rings. The zero-order valence-electron chi connectivity index (χ0n) is 8.72. The first-order valence-corrected chi connectivity index (χ1v) is 5.09. The summed E-state index contributed by atoms with van der Waals surface area (Å²) in [6.07, 6.45) is 1.93. The summed E-state index contributed by atoms with van der Waals surface area (Å²) in [5, 5.41) is 11.5. The highest BCUT2D eigenvalue weighted by Crippen LogP contribution is 2.16. The number of carbonyl (C=O) groups excluding carboxylic acids is 1. The number of ketones is 1. The fraction of sp³-hybridized carbons (Fsp3) is 0.778. The van der Waals surface area contributed by atoms with Gasteiger partial charge in [-0.25, -0.2) is 0 Å². The quantitative estimate of drug-likeness (QED) is 0.688. The molecule has 0 unspecified atom stereocenters. The monoisotopic (exact) mass is 210 g/mol.